The molecular weight excluding hydrogens is 364 g/mol. The predicted octanol–water partition coefficient (Wildman–Crippen LogP) is 2.78. The largest absolute Gasteiger partial charge is 0.297 e. The van der Waals surface area contributed by atoms with Gasteiger partial charge >= 0.3 is 0 Å². The molecule has 0 spiro atoms. The molecule has 124 valence electrons. The molecule has 1 saturated heterocycles. The van der Waals surface area contributed by atoms with E-state index in [-0.39, 0.29) is 5.54 Å². The summed E-state index contributed by atoms with van der Waals surface area (Å²) in [6.45, 7) is 6.73. The number of nitrogens with zero attached hydrogens (tertiary/aromatic N) is 1. The van der Waals surface area contributed by atoms with Crippen molar-refractivity contribution in [2.75, 3.05) is 25.0 Å². The summed E-state index contributed by atoms with van der Waals surface area (Å²) in [6.07, 6.45) is 3.30. The summed E-state index contributed by atoms with van der Waals surface area (Å²) in [5, 5.41) is 0.876. The summed E-state index contributed by atoms with van der Waals surface area (Å²) in [5.74, 6) is 0. The number of sulfonamides is 1. The Kier molecular flexibility index (Phi) is 6.05. The lowest BCUT2D eigenvalue weighted by molar-refractivity contribution is 0.158. The molecule has 1 aromatic rings. The molecule has 2 rings (SSSR count). The molecular formula is C16H25BrN2O2S. The van der Waals surface area contributed by atoms with Crippen LogP contribution in [0.3, 0.4) is 0 Å². The van der Waals surface area contributed by atoms with Gasteiger partial charge in [-0.3, -0.25) is 4.90 Å². The Balaban J connectivity index is 2.01. The number of hydrogen-bond donors (Lipinski definition) is 1. The number of alkyl halides is 1. The van der Waals surface area contributed by atoms with E-state index in [1.807, 2.05) is 12.1 Å². The maximum Gasteiger partial charge on any atom is 0.240 e. The molecule has 1 aliphatic rings. The van der Waals surface area contributed by atoms with Crippen LogP contribution in [0.2, 0.25) is 0 Å². The lowest BCUT2D eigenvalue weighted by Crippen LogP contribution is -2.50. The molecule has 6 heteroatoms. The van der Waals surface area contributed by atoms with Gasteiger partial charge in [-0.1, -0.05) is 28.1 Å². The van der Waals surface area contributed by atoms with Crippen molar-refractivity contribution in [2.24, 2.45) is 0 Å². The van der Waals surface area contributed by atoms with Gasteiger partial charge in [-0.25, -0.2) is 13.1 Å². The van der Waals surface area contributed by atoms with Gasteiger partial charge < -0.3 is 0 Å². The minimum absolute atomic E-state index is 0.153. The molecule has 0 atom stereocenters. The van der Waals surface area contributed by atoms with E-state index in [1.165, 1.54) is 12.8 Å². The van der Waals surface area contributed by atoms with Gasteiger partial charge in [0.25, 0.3) is 0 Å². The second-order valence-corrected chi connectivity index (χ2v) is 8.97. The van der Waals surface area contributed by atoms with Crippen LogP contribution in [0.25, 0.3) is 0 Å². The van der Waals surface area contributed by atoms with Crippen LogP contribution in [0.15, 0.2) is 29.2 Å². The van der Waals surface area contributed by atoms with Crippen molar-refractivity contribution in [3.63, 3.8) is 0 Å². The van der Waals surface area contributed by atoms with Gasteiger partial charge in [-0.15, -0.1) is 0 Å². The summed E-state index contributed by atoms with van der Waals surface area (Å²) in [5.41, 5.74) is 0.979. The van der Waals surface area contributed by atoms with Crippen LogP contribution in [0.5, 0.6) is 0 Å². The molecule has 0 aliphatic carbocycles. The number of nitrogens with one attached hydrogen (secondary N) is 1. The maximum atomic E-state index is 12.4. The van der Waals surface area contributed by atoms with Crippen molar-refractivity contribution < 1.29 is 8.42 Å². The number of hydrogen-bond acceptors (Lipinski definition) is 3. The van der Waals surface area contributed by atoms with E-state index in [0.717, 1.165) is 30.4 Å². The first-order chi connectivity index (χ1) is 10.3. The zero-order chi connectivity index (χ0) is 16.2. The second kappa shape index (κ2) is 7.43. The van der Waals surface area contributed by atoms with Crippen molar-refractivity contribution in [2.45, 2.75) is 43.5 Å². The minimum atomic E-state index is -3.44. The monoisotopic (exact) mass is 388 g/mol. The number of aryl methyl sites for hydroxylation is 1. The van der Waals surface area contributed by atoms with Gasteiger partial charge in [-0.2, -0.15) is 0 Å². The lowest BCUT2D eigenvalue weighted by atomic mass is 10.0. The molecule has 1 N–H and O–H groups in total. The van der Waals surface area contributed by atoms with Crippen molar-refractivity contribution in [3.8, 4) is 0 Å². The molecule has 0 bridgehead atoms. The third-order valence-electron chi connectivity index (χ3n) is 4.27. The van der Waals surface area contributed by atoms with E-state index >= 15 is 0 Å². The quantitative estimate of drug-likeness (QED) is 0.730. The van der Waals surface area contributed by atoms with Crippen LogP contribution in [0.1, 0.15) is 32.3 Å². The normalized spacial score (nSPS) is 17.0. The van der Waals surface area contributed by atoms with Crippen LogP contribution >= 0.6 is 15.9 Å². The molecule has 1 aromatic carbocycles. The van der Waals surface area contributed by atoms with Crippen LogP contribution in [-0.2, 0) is 16.4 Å². The van der Waals surface area contributed by atoms with E-state index in [1.54, 1.807) is 12.1 Å². The summed E-state index contributed by atoms with van der Waals surface area (Å²) >= 11 is 3.39. The highest BCUT2D eigenvalue weighted by Gasteiger charge is 2.30. The average Bonchev–Trinajstić information content (AvgIpc) is 3.02. The van der Waals surface area contributed by atoms with E-state index in [9.17, 15) is 8.42 Å². The first-order valence-electron chi connectivity index (χ1n) is 7.75. The average molecular weight is 389 g/mol. The van der Waals surface area contributed by atoms with Gasteiger partial charge in [0.05, 0.1) is 4.90 Å². The Labute approximate surface area is 142 Å². The molecule has 0 unspecified atom stereocenters. The Morgan fingerprint density at radius 3 is 2.32 bits per heavy atom. The van der Waals surface area contributed by atoms with Crippen molar-refractivity contribution in [1.82, 2.24) is 9.62 Å². The summed E-state index contributed by atoms with van der Waals surface area (Å²) in [4.78, 5) is 2.69. The maximum absolute atomic E-state index is 12.4. The number of halogens is 1. The third kappa shape index (κ3) is 4.54. The Bertz CT molecular complexity index is 579. The van der Waals surface area contributed by atoms with Gasteiger partial charge in [0, 0.05) is 17.4 Å². The number of benzene rings is 1. The minimum Gasteiger partial charge on any atom is -0.297 e. The third-order valence-corrected chi connectivity index (χ3v) is 6.09. The fourth-order valence-electron chi connectivity index (χ4n) is 2.73. The fourth-order valence-corrected chi connectivity index (χ4v) is 4.40. The van der Waals surface area contributed by atoms with Gasteiger partial charge in [0.15, 0.2) is 0 Å². The summed E-state index contributed by atoms with van der Waals surface area (Å²) < 4.78 is 27.6. The smallest absolute Gasteiger partial charge is 0.240 e. The van der Waals surface area contributed by atoms with Crippen LogP contribution < -0.4 is 4.72 Å². The molecule has 1 fully saturated rings. The number of rotatable bonds is 7. The summed E-state index contributed by atoms with van der Waals surface area (Å²) in [6, 6.07) is 7.12. The first-order valence-corrected chi connectivity index (χ1v) is 10.4. The van der Waals surface area contributed by atoms with E-state index in [4.69, 9.17) is 0 Å². The SMILES string of the molecule is CC(C)(CNS(=O)(=O)c1ccc(CCBr)cc1)N1CCCC1. The zero-order valence-corrected chi connectivity index (χ0v) is 15.7. The van der Waals surface area contributed by atoms with Crippen LogP contribution in [0, 0.1) is 0 Å². The molecule has 0 radical (unpaired) electrons. The molecule has 22 heavy (non-hydrogen) atoms. The van der Waals surface area contributed by atoms with Crippen molar-refractivity contribution >= 4 is 26.0 Å². The number of likely N-dealkylation sites (tertiary alicyclic amines) is 1. The van der Waals surface area contributed by atoms with Crippen molar-refractivity contribution in [3.05, 3.63) is 29.8 Å². The topological polar surface area (TPSA) is 49.4 Å². The predicted molar refractivity (Wildman–Crippen MR) is 94.0 cm³/mol. The fraction of sp³-hybridized carbons (Fsp3) is 0.625. The van der Waals surface area contributed by atoms with Gasteiger partial charge in [0.1, 0.15) is 0 Å². The standard InChI is InChI=1S/C16H25BrN2O2S/c1-16(2,19-11-3-4-12-19)13-18-22(20,21)15-7-5-14(6-8-15)9-10-17/h5-8,18H,3-4,9-13H2,1-2H3. The molecule has 0 saturated carbocycles. The van der Waals surface area contributed by atoms with Crippen LogP contribution in [0.4, 0.5) is 0 Å². The molecule has 0 amide bonds. The van der Waals surface area contributed by atoms with Crippen LogP contribution in [-0.4, -0.2) is 43.8 Å². The van der Waals surface area contributed by atoms with Gasteiger partial charge in [-0.05, 0) is 63.9 Å². The molecule has 0 aromatic heterocycles. The highest BCUT2D eigenvalue weighted by molar-refractivity contribution is 9.09. The summed E-state index contributed by atoms with van der Waals surface area (Å²) in [7, 11) is -3.44. The Hall–Kier alpha value is -0.430. The Morgan fingerprint density at radius 2 is 1.77 bits per heavy atom. The lowest BCUT2D eigenvalue weighted by Gasteiger charge is -2.35. The molecule has 1 heterocycles. The first kappa shape index (κ1) is 17.9. The van der Waals surface area contributed by atoms with E-state index in [0.29, 0.717) is 11.4 Å². The highest BCUT2D eigenvalue weighted by atomic mass is 79.9. The second-order valence-electron chi connectivity index (χ2n) is 6.41. The van der Waals surface area contributed by atoms with Gasteiger partial charge in [0.2, 0.25) is 10.0 Å². The Morgan fingerprint density at radius 1 is 1.18 bits per heavy atom. The van der Waals surface area contributed by atoms with Crippen molar-refractivity contribution in [1.29, 1.82) is 0 Å². The van der Waals surface area contributed by atoms with E-state index < -0.39 is 10.0 Å². The van der Waals surface area contributed by atoms with E-state index in [2.05, 4.69) is 39.4 Å². The highest BCUT2D eigenvalue weighted by Crippen LogP contribution is 2.21. The molecule has 4 nitrogen and oxygen atoms in total. The molecule has 1 aliphatic heterocycles. The zero-order valence-electron chi connectivity index (χ0n) is 13.3.